The number of benzene rings is 3. The predicted octanol–water partition coefficient (Wildman–Crippen LogP) is 5.49. The van der Waals surface area contributed by atoms with Gasteiger partial charge in [-0.15, -0.1) is 0 Å². The molecule has 0 spiro atoms. The zero-order chi connectivity index (χ0) is 21.9. The standard InChI is InChI=1S/C27H18N2O3/c30-26(22-10-5-7-18-6-1-2-8-20(18)22)17-32-27(31)23-16-25(19-12-14-28-15-13-19)29-24-11-4-3-9-21(23)24/h1-16H,17H2. The summed E-state index contributed by atoms with van der Waals surface area (Å²) in [4.78, 5) is 34.6. The molecule has 0 saturated carbocycles. The summed E-state index contributed by atoms with van der Waals surface area (Å²) in [6.07, 6.45) is 3.35. The Morgan fingerprint density at radius 3 is 2.31 bits per heavy atom. The highest BCUT2D eigenvalue weighted by molar-refractivity contribution is 6.10. The number of para-hydroxylation sites is 1. The lowest BCUT2D eigenvalue weighted by atomic mass is 10.0. The number of hydrogen-bond donors (Lipinski definition) is 0. The molecule has 0 aliphatic carbocycles. The molecule has 0 bridgehead atoms. The number of pyridine rings is 2. The van der Waals surface area contributed by atoms with Crippen molar-refractivity contribution >= 4 is 33.4 Å². The molecule has 0 aliphatic rings. The van der Waals surface area contributed by atoms with E-state index in [0.29, 0.717) is 27.7 Å². The van der Waals surface area contributed by atoms with Crippen molar-refractivity contribution in [2.45, 2.75) is 0 Å². The van der Waals surface area contributed by atoms with Crippen molar-refractivity contribution in [2.24, 2.45) is 0 Å². The van der Waals surface area contributed by atoms with Crippen LogP contribution in [0.15, 0.2) is 97.3 Å². The first-order valence-corrected chi connectivity index (χ1v) is 10.2. The molecule has 3 aromatic carbocycles. The van der Waals surface area contributed by atoms with E-state index in [1.807, 2.05) is 72.8 Å². The zero-order valence-electron chi connectivity index (χ0n) is 17.1. The summed E-state index contributed by atoms with van der Waals surface area (Å²) in [7, 11) is 0. The van der Waals surface area contributed by atoms with Gasteiger partial charge >= 0.3 is 5.97 Å². The maximum Gasteiger partial charge on any atom is 0.339 e. The van der Waals surface area contributed by atoms with Crippen LogP contribution in [0.1, 0.15) is 20.7 Å². The van der Waals surface area contributed by atoms with E-state index in [4.69, 9.17) is 4.74 Å². The van der Waals surface area contributed by atoms with Crippen LogP contribution in [0.2, 0.25) is 0 Å². The van der Waals surface area contributed by atoms with Gasteiger partial charge < -0.3 is 4.74 Å². The lowest BCUT2D eigenvalue weighted by Gasteiger charge is -2.10. The van der Waals surface area contributed by atoms with Crippen LogP contribution in [0.25, 0.3) is 32.9 Å². The lowest BCUT2D eigenvalue weighted by Crippen LogP contribution is -2.15. The van der Waals surface area contributed by atoms with E-state index in [-0.39, 0.29) is 12.4 Å². The first kappa shape index (κ1) is 19.6. The average Bonchev–Trinajstić information content (AvgIpc) is 2.86. The molecular weight excluding hydrogens is 400 g/mol. The molecule has 0 amide bonds. The number of hydrogen-bond acceptors (Lipinski definition) is 5. The van der Waals surface area contributed by atoms with Gasteiger partial charge in [-0.1, -0.05) is 60.7 Å². The van der Waals surface area contributed by atoms with Gasteiger partial charge in [-0.2, -0.15) is 0 Å². The second-order valence-electron chi connectivity index (χ2n) is 7.33. The van der Waals surface area contributed by atoms with E-state index < -0.39 is 5.97 Å². The van der Waals surface area contributed by atoms with E-state index in [1.54, 1.807) is 24.5 Å². The second kappa shape index (κ2) is 8.40. The third-order valence-corrected chi connectivity index (χ3v) is 5.34. The smallest absolute Gasteiger partial charge is 0.339 e. The van der Waals surface area contributed by atoms with Gasteiger partial charge in [-0.3, -0.25) is 9.78 Å². The average molecular weight is 418 g/mol. The highest BCUT2D eigenvalue weighted by Gasteiger charge is 2.18. The van der Waals surface area contributed by atoms with E-state index in [0.717, 1.165) is 16.3 Å². The van der Waals surface area contributed by atoms with Gasteiger partial charge in [0.2, 0.25) is 5.78 Å². The van der Waals surface area contributed by atoms with Crippen molar-refractivity contribution in [1.82, 2.24) is 9.97 Å². The SMILES string of the molecule is O=C(COC(=O)c1cc(-c2ccncc2)nc2ccccc12)c1cccc2ccccc12. The van der Waals surface area contributed by atoms with Crippen LogP contribution >= 0.6 is 0 Å². The van der Waals surface area contributed by atoms with Crippen LogP contribution in [-0.2, 0) is 4.74 Å². The number of ketones is 1. The normalized spacial score (nSPS) is 10.9. The third-order valence-electron chi connectivity index (χ3n) is 5.34. The Balaban J connectivity index is 1.45. The number of carbonyl (C=O) groups excluding carboxylic acids is 2. The Bertz CT molecular complexity index is 1460. The molecule has 0 fully saturated rings. The van der Waals surface area contributed by atoms with Crippen molar-refractivity contribution in [1.29, 1.82) is 0 Å². The highest BCUT2D eigenvalue weighted by Crippen LogP contribution is 2.25. The monoisotopic (exact) mass is 418 g/mol. The molecule has 5 rings (SSSR count). The summed E-state index contributed by atoms with van der Waals surface area (Å²) in [6.45, 7) is -0.339. The lowest BCUT2D eigenvalue weighted by molar-refractivity contribution is 0.0477. The minimum absolute atomic E-state index is 0.247. The predicted molar refractivity (Wildman–Crippen MR) is 124 cm³/mol. The summed E-state index contributed by atoms with van der Waals surface area (Å²) < 4.78 is 5.46. The molecule has 0 saturated heterocycles. The van der Waals surface area contributed by atoms with Crippen LogP contribution in [0.3, 0.4) is 0 Å². The van der Waals surface area contributed by atoms with Gasteiger partial charge in [0.05, 0.1) is 16.8 Å². The van der Waals surface area contributed by atoms with Crippen LogP contribution in [-0.4, -0.2) is 28.3 Å². The Morgan fingerprint density at radius 1 is 0.750 bits per heavy atom. The summed E-state index contributed by atoms with van der Waals surface area (Å²) >= 11 is 0. The van der Waals surface area contributed by atoms with E-state index in [1.165, 1.54) is 0 Å². The Hall–Kier alpha value is -4.38. The number of Topliss-reactive ketones (excluding diaryl/α,β-unsaturated/α-hetero) is 1. The van der Waals surface area contributed by atoms with Gasteiger partial charge in [0.15, 0.2) is 6.61 Å². The molecule has 5 aromatic rings. The number of esters is 1. The summed E-state index contributed by atoms with van der Waals surface area (Å²) in [5, 5.41) is 2.48. The highest BCUT2D eigenvalue weighted by atomic mass is 16.5. The summed E-state index contributed by atoms with van der Waals surface area (Å²) in [5.74, 6) is -0.810. The molecular formula is C27H18N2O3. The Labute approximate surface area is 184 Å². The van der Waals surface area contributed by atoms with Crippen molar-refractivity contribution in [3.63, 3.8) is 0 Å². The van der Waals surface area contributed by atoms with Crippen LogP contribution in [0.4, 0.5) is 0 Å². The van der Waals surface area contributed by atoms with Gasteiger partial charge in [-0.05, 0) is 35.0 Å². The van der Waals surface area contributed by atoms with Gasteiger partial charge in [0, 0.05) is 28.9 Å². The number of aromatic nitrogens is 2. The maximum atomic E-state index is 13.0. The molecule has 5 nitrogen and oxygen atoms in total. The fourth-order valence-electron chi connectivity index (χ4n) is 3.77. The minimum atomic E-state index is -0.563. The molecule has 5 heteroatoms. The molecule has 154 valence electrons. The summed E-state index contributed by atoms with van der Waals surface area (Å²) in [5.41, 5.74) is 3.06. The fourth-order valence-corrected chi connectivity index (χ4v) is 3.77. The van der Waals surface area contributed by atoms with Crippen molar-refractivity contribution in [2.75, 3.05) is 6.61 Å². The molecule has 0 atom stereocenters. The van der Waals surface area contributed by atoms with Crippen LogP contribution in [0.5, 0.6) is 0 Å². The fraction of sp³-hybridized carbons (Fsp3) is 0.0370. The number of nitrogens with zero attached hydrogens (tertiary/aromatic N) is 2. The molecule has 2 heterocycles. The van der Waals surface area contributed by atoms with Crippen LogP contribution in [0, 0.1) is 0 Å². The Kier molecular flexibility index (Phi) is 5.14. The van der Waals surface area contributed by atoms with Crippen LogP contribution < -0.4 is 0 Å². The second-order valence-corrected chi connectivity index (χ2v) is 7.33. The van der Waals surface area contributed by atoms with Gasteiger partial charge in [-0.25, -0.2) is 9.78 Å². The zero-order valence-corrected chi connectivity index (χ0v) is 17.1. The number of ether oxygens (including phenoxy) is 1. The summed E-state index contributed by atoms with van der Waals surface area (Å²) in [6, 6.07) is 25.9. The third kappa shape index (κ3) is 3.72. The maximum absolute atomic E-state index is 13.0. The number of rotatable bonds is 5. The first-order valence-electron chi connectivity index (χ1n) is 10.2. The molecule has 0 aliphatic heterocycles. The molecule has 32 heavy (non-hydrogen) atoms. The molecule has 0 radical (unpaired) electrons. The van der Waals surface area contributed by atoms with Gasteiger partial charge in [0.1, 0.15) is 0 Å². The first-order chi connectivity index (χ1) is 15.7. The number of carbonyl (C=O) groups is 2. The largest absolute Gasteiger partial charge is 0.454 e. The number of fused-ring (bicyclic) bond motifs is 2. The van der Waals surface area contributed by atoms with E-state index in [2.05, 4.69) is 9.97 Å². The van der Waals surface area contributed by atoms with Crippen molar-refractivity contribution < 1.29 is 14.3 Å². The molecule has 2 aromatic heterocycles. The quantitative estimate of drug-likeness (QED) is 0.279. The van der Waals surface area contributed by atoms with Crippen molar-refractivity contribution in [3.8, 4) is 11.3 Å². The molecule has 0 N–H and O–H groups in total. The molecule has 0 unspecified atom stereocenters. The topological polar surface area (TPSA) is 69.2 Å². The van der Waals surface area contributed by atoms with E-state index >= 15 is 0 Å². The van der Waals surface area contributed by atoms with E-state index in [9.17, 15) is 9.59 Å². The Morgan fingerprint density at radius 2 is 1.47 bits per heavy atom. The minimum Gasteiger partial charge on any atom is -0.454 e. The van der Waals surface area contributed by atoms with Crippen molar-refractivity contribution in [3.05, 3.63) is 108 Å². The van der Waals surface area contributed by atoms with Gasteiger partial charge in [0.25, 0.3) is 0 Å².